The second kappa shape index (κ2) is 5.09. The van der Waals surface area contributed by atoms with E-state index >= 15 is 0 Å². The predicted molar refractivity (Wildman–Crippen MR) is 75.8 cm³/mol. The quantitative estimate of drug-likeness (QED) is 0.805. The predicted octanol–water partition coefficient (Wildman–Crippen LogP) is 2.71. The molecule has 2 fully saturated rings. The molecule has 0 radical (unpaired) electrons. The van der Waals surface area contributed by atoms with Crippen molar-refractivity contribution in [2.24, 2.45) is 5.92 Å². The molecule has 0 N–H and O–H groups in total. The molecule has 0 bridgehead atoms. The minimum atomic E-state index is -0.514. The van der Waals surface area contributed by atoms with E-state index in [1.807, 2.05) is 13.0 Å². The van der Waals surface area contributed by atoms with E-state index in [1.54, 1.807) is 17.0 Å². The van der Waals surface area contributed by atoms with Crippen LogP contribution in [0.15, 0.2) is 18.2 Å². The molecule has 1 amide bonds. The Morgan fingerprint density at radius 3 is 2.70 bits per heavy atom. The molecule has 0 aromatic heterocycles. The molecule has 1 heterocycles. The number of carbonyl (C=O) groups excluding carboxylic acids is 2. The number of esters is 1. The van der Waals surface area contributed by atoms with Crippen molar-refractivity contribution in [2.45, 2.75) is 32.2 Å². The van der Waals surface area contributed by atoms with Gasteiger partial charge in [-0.15, -0.1) is 0 Å². The fourth-order valence-electron chi connectivity index (χ4n) is 2.53. The standard InChI is InChI=1S/C15H16ClNO3/c1-9-2-5-11(16)8-13(9)17(14(18)10-3-4-10)12-6-7-20-15(12)19/h2,5,8,10,12H,3-4,6-7H2,1H3. The monoisotopic (exact) mass is 293 g/mol. The second-order valence-electron chi connectivity index (χ2n) is 5.39. The van der Waals surface area contributed by atoms with Gasteiger partial charge >= 0.3 is 5.97 Å². The third-order valence-corrected chi connectivity index (χ3v) is 4.05. The second-order valence-corrected chi connectivity index (χ2v) is 5.82. The van der Waals surface area contributed by atoms with E-state index in [9.17, 15) is 9.59 Å². The van der Waals surface area contributed by atoms with Crippen molar-refractivity contribution in [3.05, 3.63) is 28.8 Å². The molecule has 5 heteroatoms. The Labute approximate surface area is 122 Å². The normalized spacial score (nSPS) is 21.7. The average Bonchev–Trinajstić information content (AvgIpc) is 3.19. The molecule has 1 saturated carbocycles. The van der Waals surface area contributed by atoms with E-state index in [4.69, 9.17) is 16.3 Å². The van der Waals surface area contributed by atoms with Crippen LogP contribution in [0.3, 0.4) is 0 Å². The minimum Gasteiger partial charge on any atom is -0.464 e. The third-order valence-electron chi connectivity index (χ3n) is 3.81. The Balaban J connectivity index is 2.01. The van der Waals surface area contributed by atoms with Gasteiger partial charge in [-0.05, 0) is 37.5 Å². The zero-order chi connectivity index (χ0) is 14.3. The van der Waals surface area contributed by atoms with Crippen molar-refractivity contribution in [1.29, 1.82) is 0 Å². The van der Waals surface area contributed by atoms with Crippen LogP contribution in [0.25, 0.3) is 0 Å². The molecule has 1 aromatic carbocycles. The number of hydrogen-bond donors (Lipinski definition) is 0. The summed E-state index contributed by atoms with van der Waals surface area (Å²) in [4.78, 5) is 26.1. The fourth-order valence-corrected chi connectivity index (χ4v) is 2.70. The maximum absolute atomic E-state index is 12.6. The van der Waals surface area contributed by atoms with Crippen LogP contribution in [-0.2, 0) is 14.3 Å². The molecule has 20 heavy (non-hydrogen) atoms. The Bertz CT molecular complexity index is 568. The summed E-state index contributed by atoms with van der Waals surface area (Å²) in [5.41, 5.74) is 1.65. The molecule has 1 unspecified atom stereocenters. The number of carbonyl (C=O) groups is 2. The first-order chi connectivity index (χ1) is 9.58. The topological polar surface area (TPSA) is 46.6 Å². The van der Waals surface area contributed by atoms with Gasteiger partial charge in [0.25, 0.3) is 0 Å². The third kappa shape index (κ3) is 2.40. The summed E-state index contributed by atoms with van der Waals surface area (Å²) in [6.45, 7) is 2.29. The highest BCUT2D eigenvalue weighted by Gasteiger charge is 2.42. The Kier molecular flexibility index (Phi) is 3.42. The van der Waals surface area contributed by atoms with E-state index in [-0.39, 0.29) is 17.8 Å². The van der Waals surface area contributed by atoms with Gasteiger partial charge in [-0.3, -0.25) is 9.69 Å². The average molecular weight is 294 g/mol. The Morgan fingerprint density at radius 2 is 2.10 bits per heavy atom. The SMILES string of the molecule is Cc1ccc(Cl)cc1N(C(=O)C1CC1)C1CCOC1=O. The van der Waals surface area contributed by atoms with Crippen molar-refractivity contribution in [3.8, 4) is 0 Å². The number of amides is 1. The number of anilines is 1. The van der Waals surface area contributed by atoms with Gasteiger partial charge in [-0.1, -0.05) is 17.7 Å². The lowest BCUT2D eigenvalue weighted by atomic mass is 10.1. The van der Waals surface area contributed by atoms with Crippen molar-refractivity contribution < 1.29 is 14.3 Å². The number of benzene rings is 1. The van der Waals surface area contributed by atoms with Crippen molar-refractivity contribution in [1.82, 2.24) is 0 Å². The number of halogens is 1. The first-order valence-corrected chi connectivity index (χ1v) is 7.21. The lowest BCUT2D eigenvalue weighted by molar-refractivity contribution is -0.140. The van der Waals surface area contributed by atoms with Crippen LogP contribution in [-0.4, -0.2) is 24.5 Å². The summed E-state index contributed by atoms with van der Waals surface area (Å²) < 4.78 is 5.02. The molecule has 2 aliphatic rings. The van der Waals surface area contributed by atoms with Gasteiger partial charge in [-0.2, -0.15) is 0 Å². The fraction of sp³-hybridized carbons (Fsp3) is 0.467. The maximum atomic E-state index is 12.6. The lowest BCUT2D eigenvalue weighted by Crippen LogP contribution is -2.44. The summed E-state index contributed by atoms with van der Waals surface area (Å²) >= 11 is 6.05. The number of aryl methyl sites for hydroxylation is 1. The minimum absolute atomic E-state index is 0.0132. The van der Waals surface area contributed by atoms with Gasteiger partial charge in [0.05, 0.1) is 6.61 Å². The first-order valence-electron chi connectivity index (χ1n) is 6.84. The molecule has 0 spiro atoms. The van der Waals surface area contributed by atoms with Crippen molar-refractivity contribution in [3.63, 3.8) is 0 Å². The largest absolute Gasteiger partial charge is 0.464 e. The van der Waals surface area contributed by atoms with Gasteiger partial charge in [0.1, 0.15) is 6.04 Å². The molecular formula is C15H16ClNO3. The Morgan fingerprint density at radius 1 is 1.35 bits per heavy atom. The highest BCUT2D eigenvalue weighted by Crippen LogP contribution is 2.36. The molecule has 1 atom stereocenters. The van der Waals surface area contributed by atoms with Crippen LogP contribution in [0.2, 0.25) is 5.02 Å². The summed E-state index contributed by atoms with van der Waals surface area (Å²) in [6, 6.07) is 4.89. The van der Waals surface area contributed by atoms with E-state index in [2.05, 4.69) is 0 Å². The Hall–Kier alpha value is -1.55. The van der Waals surface area contributed by atoms with Crippen LogP contribution in [0.1, 0.15) is 24.8 Å². The molecule has 3 rings (SSSR count). The number of nitrogens with zero attached hydrogens (tertiary/aromatic N) is 1. The molecule has 1 saturated heterocycles. The summed E-state index contributed by atoms with van der Waals surface area (Å²) in [7, 11) is 0. The molecule has 106 valence electrons. The number of ether oxygens (including phenoxy) is 1. The van der Waals surface area contributed by atoms with Crippen molar-refractivity contribution >= 4 is 29.2 Å². The lowest BCUT2D eigenvalue weighted by Gasteiger charge is -2.28. The van der Waals surface area contributed by atoms with E-state index in [1.165, 1.54) is 0 Å². The molecule has 1 aliphatic heterocycles. The highest BCUT2D eigenvalue weighted by molar-refractivity contribution is 6.31. The van der Waals surface area contributed by atoms with E-state index < -0.39 is 6.04 Å². The molecular weight excluding hydrogens is 278 g/mol. The number of cyclic esters (lactones) is 1. The summed E-state index contributed by atoms with van der Waals surface area (Å²) in [5, 5.41) is 0.561. The molecule has 1 aromatic rings. The number of rotatable bonds is 3. The molecule has 4 nitrogen and oxygen atoms in total. The van der Waals surface area contributed by atoms with Gasteiger partial charge in [-0.25, -0.2) is 4.79 Å². The van der Waals surface area contributed by atoms with Crippen molar-refractivity contribution in [2.75, 3.05) is 11.5 Å². The van der Waals surface area contributed by atoms with Gasteiger partial charge in [0.2, 0.25) is 5.91 Å². The first kappa shape index (κ1) is 13.4. The van der Waals surface area contributed by atoms with Crippen LogP contribution in [0.4, 0.5) is 5.69 Å². The number of hydrogen-bond acceptors (Lipinski definition) is 3. The highest BCUT2D eigenvalue weighted by atomic mass is 35.5. The van der Waals surface area contributed by atoms with Crippen LogP contribution < -0.4 is 4.90 Å². The smallest absolute Gasteiger partial charge is 0.329 e. The van der Waals surface area contributed by atoms with E-state index in [0.717, 1.165) is 24.1 Å². The van der Waals surface area contributed by atoms with Crippen LogP contribution in [0.5, 0.6) is 0 Å². The molecule has 1 aliphatic carbocycles. The van der Waals surface area contributed by atoms with Gasteiger partial charge in [0.15, 0.2) is 0 Å². The zero-order valence-corrected chi connectivity index (χ0v) is 12.0. The summed E-state index contributed by atoms with van der Waals surface area (Å²) in [6.07, 6.45) is 2.34. The van der Waals surface area contributed by atoms with Crippen LogP contribution in [0, 0.1) is 12.8 Å². The zero-order valence-electron chi connectivity index (χ0n) is 11.3. The van der Waals surface area contributed by atoms with E-state index in [0.29, 0.717) is 18.1 Å². The summed E-state index contributed by atoms with van der Waals surface area (Å²) in [5.74, 6) is -0.264. The van der Waals surface area contributed by atoms with Gasteiger partial charge < -0.3 is 4.74 Å². The van der Waals surface area contributed by atoms with Gasteiger partial charge in [0, 0.05) is 23.0 Å². The maximum Gasteiger partial charge on any atom is 0.329 e. The van der Waals surface area contributed by atoms with Crippen LogP contribution >= 0.6 is 11.6 Å².